The van der Waals surface area contributed by atoms with Crippen LogP contribution in [0.1, 0.15) is 31.2 Å². The summed E-state index contributed by atoms with van der Waals surface area (Å²) in [5.41, 5.74) is -0.0764. The quantitative estimate of drug-likeness (QED) is 0.854. The lowest BCUT2D eigenvalue weighted by atomic mass is 10.1. The zero-order valence-electron chi connectivity index (χ0n) is 11.0. The van der Waals surface area contributed by atoms with Crippen molar-refractivity contribution in [2.24, 2.45) is 0 Å². The van der Waals surface area contributed by atoms with Gasteiger partial charge in [-0.25, -0.2) is 14.2 Å². The number of carboxylic acid groups (broad SMARTS) is 1. The third-order valence-electron chi connectivity index (χ3n) is 2.92. The molecule has 8 heteroatoms. The molecular formula is C13H10F2N2O3S. The number of nitrogens with zero attached hydrogens (tertiary/aromatic N) is 1. The summed E-state index contributed by atoms with van der Waals surface area (Å²) in [6.07, 6.45) is 0.955. The summed E-state index contributed by atoms with van der Waals surface area (Å²) in [5, 5.41) is 11.5. The number of aryl methyl sites for hydroxylation is 1. The fourth-order valence-corrected chi connectivity index (χ4v) is 2.78. The highest BCUT2D eigenvalue weighted by Crippen LogP contribution is 2.32. The molecule has 0 fully saturated rings. The normalized spacial score (nSPS) is 10.5. The van der Waals surface area contributed by atoms with Gasteiger partial charge < -0.3 is 10.4 Å². The third kappa shape index (κ3) is 2.75. The largest absolute Gasteiger partial charge is 0.478 e. The summed E-state index contributed by atoms with van der Waals surface area (Å²) in [4.78, 5) is 26.9. The molecule has 0 radical (unpaired) electrons. The number of thiophene rings is 1. The summed E-state index contributed by atoms with van der Waals surface area (Å²) in [6.45, 7) is 3.31. The second-order valence-corrected chi connectivity index (χ2v) is 5.43. The SMILES string of the molecule is Cc1sc(NC(=O)c2ccnc(F)c2F)c(C(=O)O)c1C. The topological polar surface area (TPSA) is 79.3 Å². The number of hydrogen-bond acceptors (Lipinski definition) is 4. The lowest BCUT2D eigenvalue weighted by Gasteiger charge is -2.05. The van der Waals surface area contributed by atoms with Gasteiger partial charge in [-0.3, -0.25) is 4.79 Å². The average molecular weight is 312 g/mol. The molecule has 5 nitrogen and oxygen atoms in total. The van der Waals surface area contributed by atoms with Crippen LogP contribution in [0.5, 0.6) is 0 Å². The van der Waals surface area contributed by atoms with Crippen molar-refractivity contribution in [2.75, 3.05) is 5.32 Å². The molecule has 110 valence electrons. The number of aromatic nitrogens is 1. The predicted octanol–water partition coefficient (Wildman–Crippen LogP) is 2.99. The highest BCUT2D eigenvalue weighted by atomic mass is 32.1. The molecule has 0 aliphatic rings. The van der Waals surface area contributed by atoms with Crippen LogP contribution in [0.3, 0.4) is 0 Å². The van der Waals surface area contributed by atoms with E-state index in [0.29, 0.717) is 10.4 Å². The Bertz CT molecular complexity index is 743. The molecule has 2 N–H and O–H groups in total. The molecule has 0 bridgehead atoms. The molecule has 0 aromatic carbocycles. The minimum Gasteiger partial charge on any atom is -0.478 e. The summed E-state index contributed by atoms with van der Waals surface area (Å²) in [5.74, 6) is -4.90. The highest BCUT2D eigenvalue weighted by Gasteiger charge is 2.22. The minimum absolute atomic E-state index is 0.0548. The molecule has 2 aromatic rings. The van der Waals surface area contributed by atoms with Crippen LogP contribution >= 0.6 is 11.3 Å². The van der Waals surface area contributed by atoms with E-state index in [4.69, 9.17) is 5.11 Å². The van der Waals surface area contributed by atoms with E-state index in [1.165, 1.54) is 0 Å². The first-order valence-electron chi connectivity index (χ1n) is 5.77. The molecule has 0 unspecified atom stereocenters. The molecule has 0 saturated carbocycles. The molecule has 2 aromatic heterocycles. The van der Waals surface area contributed by atoms with Crippen LogP contribution in [-0.4, -0.2) is 22.0 Å². The van der Waals surface area contributed by atoms with Crippen LogP contribution < -0.4 is 5.32 Å². The molecule has 0 aliphatic heterocycles. The number of anilines is 1. The van der Waals surface area contributed by atoms with Gasteiger partial charge >= 0.3 is 5.97 Å². The van der Waals surface area contributed by atoms with Gasteiger partial charge in [-0.15, -0.1) is 11.3 Å². The molecule has 1 amide bonds. The molecule has 0 atom stereocenters. The maximum atomic E-state index is 13.5. The van der Waals surface area contributed by atoms with Gasteiger partial charge in [0.2, 0.25) is 5.95 Å². The zero-order chi connectivity index (χ0) is 15.7. The highest BCUT2D eigenvalue weighted by molar-refractivity contribution is 7.16. The number of nitrogens with one attached hydrogen (secondary N) is 1. The van der Waals surface area contributed by atoms with Gasteiger partial charge in [0.25, 0.3) is 5.91 Å². The van der Waals surface area contributed by atoms with Crippen molar-refractivity contribution in [3.8, 4) is 0 Å². The number of hydrogen-bond donors (Lipinski definition) is 2. The number of amides is 1. The summed E-state index contributed by atoms with van der Waals surface area (Å²) >= 11 is 1.06. The first kappa shape index (κ1) is 15.0. The van der Waals surface area contributed by atoms with Gasteiger partial charge in [0, 0.05) is 11.1 Å². The van der Waals surface area contributed by atoms with Crippen LogP contribution in [0.25, 0.3) is 0 Å². The van der Waals surface area contributed by atoms with E-state index in [1.54, 1.807) is 13.8 Å². The predicted molar refractivity (Wildman–Crippen MR) is 72.9 cm³/mol. The second-order valence-electron chi connectivity index (χ2n) is 4.21. The van der Waals surface area contributed by atoms with Gasteiger partial charge in [-0.1, -0.05) is 0 Å². The van der Waals surface area contributed by atoms with Crippen molar-refractivity contribution < 1.29 is 23.5 Å². The minimum atomic E-state index is -1.39. The first-order valence-corrected chi connectivity index (χ1v) is 6.59. The number of carboxylic acids is 1. The van der Waals surface area contributed by atoms with Gasteiger partial charge in [0.15, 0.2) is 5.82 Å². The van der Waals surface area contributed by atoms with Crippen molar-refractivity contribution >= 4 is 28.2 Å². The van der Waals surface area contributed by atoms with Crippen molar-refractivity contribution in [1.29, 1.82) is 0 Å². The summed E-state index contributed by atoms with van der Waals surface area (Å²) in [6, 6.07) is 1.02. The lowest BCUT2D eigenvalue weighted by molar-refractivity contribution is 0.0697. The van der Waals surface area contributed by atoms with Gasteiger partial charge in [0.1, 0.15) is 5.00 Å². The third-order valence-corrected chi connectivity index (χ3v) is 4.04. The number of aromatic carboxylic acids is 1. The maximum Gasteiger partial charge on any atom is 0.338 e. The Morgan fingerprint density at radius 3 is 2.62 bits per heavy atom. The molecule has 21 heavy (non-hydrogen) atoms. The maximum absolute atomic E-state index is 13.5. The van der Waals surface area contributed by atoms with Gasteiger partial charge in [-0.05, 0) is 25.5 Å². The van der Waals surface area contributed by atoms with E-state index >= 15 is 0 Å². The monoisotopic (exact) mass is 312 g/mol. The Kier molecular flexibility index (Phi) is 3.99. The fourth-order valence-electron chi connectivity index (χ4n) is 1.74. The second kappa shape index (κ2) is 5.57. The fraction of sp³-hybridized carbons (Fsp3) is 0.154. The van der Waals surface area contributed by atoms with E-state index in [0.717, 1.165) is 23.6 Å². The van der Waals surface area contributed by atoms with E-state index < -0.39 is 29.2 Å². The molecular weight excluding hydrogens is 302 g/mol. The van der Waals surface area contributed by atoms with Crippen LogP contribution in [0, 0.1) is 25.6 Å². The van der Waals surface area contributed by atoms with Gasteiger partial charge in [-0.2, -0.15) is 4.39 Å². The van der Waals surface area contributed by atoms with E-state index in [2.05, 4.69) is 10.3 Å². The van der Waals surface area contributed by atoms with Crippen LogP contribution in [0.15, 0.2) is 12.3 Å². The van der Waals surface area contributed by atoms with Crippen LogP contribution in [0.4, 0.5) is 13.8 Å². The molecule has 0 saturated heterocycles. The van der Waals surface area contributed by atoms with Crippen molar-refractivity contribution in [2.45, 2.75) is 13.8 Å². The van der Waals surface area contributed by atoms with Crippen LogP contribution in [0.2, 0.25) is 0 Å². The Balaban J connectivity index is 2.39. The van der Waals surface area contributed by atoms with Gasteiger partial charge in [0.05, 0.1) is 11.1 Å². The summed E-state index contributed by atoms with van der Waals surface area (Å²) in [7, 11) is 0. The Morgan fingerprint density at radius 1 is 1.33 bits per heavy atom. The standard InChI is InChI=1S/C13H10F2N2O3S/c1-5-6(2)21-12(8(5)13(19)20)17-11(18)7-3-4-16-10(15)9(7)14/h3-4H,1-2H3,(H,17,18)(H,19,20). The molecule has 2 heterocycles. The lowest BCUT2D eigenvalue weighted by Crippen LogP contribution is -2.16. The summed E-state index contributed by atoms with van der Waals surface area (Å²) < 4.78 is 26.5. The number of carbonyl (C=O) groups is 2. The van der Waals surface area contributed by atoms with E-state index in [-0.39, 0.29) is 10.6 Å². The smallest absolute Gasteiger partial charge is 0.338 e. The molecule has 2 rings (SSSR count). The Hall–Kier alpha value is -2.35. The Labute approximate surface area is 122 Å². The zero-order valence-corrected chi connectivity index (χ0v) is 11.8. The first-order chi connectivity index (χ1) is 9.82. The number of rotatable bonds is 3. The van der Waals surface area contributed by atoms with Crippen molar-refractivity contribution in [3.05, 3.63) is 45.6 Å². The van der Waals surface area contributed by atoms with E-state index in [1.807, 2.05) is 0 Å². The van der Waals surface area contributed by atoms with E-state index in [9.17, 15) is 18.4 Å². The molecule has 0 spiro atoms. The average Bonchev–Trinajstić information content (AvgIpc) is 2.67. The number of halogens is 2. The number of pyridine rings is 1. The molecule has 0 aliphatic carbocycles. The van der Waals surface area contributed by atoms with Crippen LogP contribution in [-0.2, 0) is 0 Å². The Morgan fingerprint density at radius 2 is 2.00 bits per heavy atom. The van der Waals surface area contributed by atoms with Crippen molar-refractivity contribution in [3.63, 3.8) is 0 Å². The van der Waals surface area contributed by atoms with Crippen molar-refractivity contribution in [1.82, 2.24) is 4.98 Å². The number of carbonyl (C=O) groups excluding carboxylic acids is 1.